The van der Waals surface area contributed by atoms with Crippen molar-refractivity contribution in [2.24, 2.45) is 0 Å². The van der Waals surface area contributed by atoms with Gasteiger partial charge in [-0.2, -0.15) is 0 Å². The van der Waals surface area contributed by atoms with Crippen molar-refractivity contribution in [1.29, 1.82) is 0 Å². The normalized spacial score (nSPS) is 12.1. The minimum Gasteiger partial charge on any atom is -0.379 e. The maximum Gasteiger partial charge on any atom is 0.0486 e. The lowest BCUT2D eigenvalue weighted by Gasteiger charge is -2.15. The monoisotopic (exact) mass is 231 g/mol. The molecule has 82 valence electrons. The zero-order valence-corrected chi connectivity index (χ0v) is 9.91. The Labute approximate surface area is 101 Å². The van der Waals surface area contributed by atoms with Crippen LogP contribution in [0.25, 0.3) is 0 Å². The predicted octanol–water partition coefficient (Wildman–Crippen LogP) is 4.51. The fraction of sp³-hybridized carbons (Fsp3) is 0.143. The molecule has 1 nitrogen and oxygen atoms in total. The highest BCUT2D eigenvalue weighted by Crippen LogP contribution is 2.21. The second-order valence-electron chi connectivity index (χ2n) is 3.79. The lowest BCUT2D eigenvalue weighted by molar-refractivity contribution is 0.885. The van der Waals surface area contributed by atoms with Gasteiger partial charge in [0.2, 0.25) is 0 Å². The molecule has 0 saturated heterocycles. The third-order valence-electron chi connectivity index (χ3n) is 2.51. The quantitative estimate of drug-likeness (QED) is 0.820. The number of rotatable bonds is 3. The summed E-state index contributed by atoms with van der Waals surface area (Å²) < 4.78 is 0. The van der Waals surface area contributed by atoms with Crippen LogP contribution in [-0.4, -0.2) is 0 Å². The van der Waals surface area contributed by atoms with Crippen LogP contribution in [0, 0.1) is 0 Å². The summed E-state index contributed by atoms with van der Waals surface area (Å²) in [6.45, 7) is 2.12. The van der Waals surface area contributed by atoms with Crippen molar-refractivity contribution in [2.45, 2.75) is 13.0 Å². The molecule has 2 aromatic rings. The lowest BCUT2D eigenvalue weighted by Crippen LogP contribution is -2.06. The number of benzene rings is 2. The van der Waals surface area contributed by atoms with E-state index in [1.54, 1.807) is 0 Å². The van der Waals surface area contributed by atoms with Crippen LogP contribution in [0.15, 0.2) is 54.6 Å². The second-order valence-corrected chi connectivity index (χ2v) is 4.22. The molecule has 1 atom stereocenters. The van der Waals surface area contributed by atoms with E-state index in [1.165, 1.54) is 5.56 Å². The van der Waals surface area contributed by atoms with E-state index in [0.29, 0.717) is 0 Å². The first-order valence-electron chi connectivity index (χ1n) is 5.33. The Kier molecular flexibility index (Phi) is 3.47. The number of hydrogen-bond donors (Lipinski definition) is 1. The summed E-state index contributed by atoms with van der Waals surface area (Å²) in [6, 6.07) is 18.3. The van der Waals surface area contributed by atoms with E-state index < -0.39 is 0 Å². The van der Waals surface area contributed by atoms with Crippen LogP contribution in [0.2, 0.25) is 5.02 Å². The Hall–Kier alpha value is -1.47. The van der Waals surface area contributed by atoms with Gasteiger partial charge in [-0.3, -0.25) is 0 Å². The molecule has 0 bridgehead atoms. The maximum absolute atomic E-state index is 5.96. The van der Waals surface area contributed by atoms with E-state index in [2.05, 4.69) is 30.4 Å². The summed E-state index contributed by atoms with van der Waals surface area (Å²) in [4.78, 5) is 0. The molecule has 0 saturated carbocycles. The van der Waals surface area contributed by atoms with Crippen molar-refractivity contribution in [3.8, 4) is 0 Å². The predicted molar refractivity (Wildman–Crippen MR) is 69.9 cm³/mol. The molecule has 0 aliphatic heterocycles. The van der Waals surface area contributed by atoms with Gasteiger partial charge in [-0.05, 0) is 36.8 Å². The molecule has 0 amide bonds. The van der Waals surface area contributed by atoms with Crippen LogP contribution >= 0.6 is 11.6 Å². The van der Waals surface area contributed by atoms with Crippen molar-refractivity contribution in [3.63, 3.8) is 0 Å². The summed E-state index contributed by atoms with van der Waals surface area (Å²) >= 11 is 5.96. The molecular formula is C14H14ClN. The van der Waals surface area contributed by atoms with Crippen molar-refractivity contribution in [2.75, 3.05) is 5.32 Å². The lowest BCUT2D eigenvalue weighted by atomic mass is 10.1. The van der Waals surface area contributed by atoms with Crippen molar-refractivity contribution >= 4 is 17.3 Å². The van der Waals surface area contributed by atoms with Crippen molar-refractivity contribution < 1.29 is 0 Å². The smallest absolute Gasteiger partial charge is 0.0486 e. The minimum absolute atomic E-state index is 0.251. The average Bonchev–Trinajstić information content (AvgIpc) is 2.30. The van der Waals surface area contributed by atoms with Gasteiger partial charge < -0.3 is 5.32 Å². The fourth-order valence-electron chi connectivity index (χ4n) is 1.64. The van der Waals surface area contributed by atoms with Gasteiger partial charge in [0.25, 0.3) is 0 Å². The van der Waals surface area contributed by atoms with E-state index in [1.807, 2.05) is 36.4 Å². The topological polar surface area (TPSA) is 12.0 Å². The molecular weight excluding hydrogens is 218 g/mol. The minimum atomic E-state index is 0.251. The van der Waals surface area contributed by atoms with Gasteiger partial charge in [0.05, 0.1) is 0 Å². The van der Waals surface area contributed by atoms with Gasteiger partial charge in [-0.25, -0.2) is 0 Å². The van der Waals surface area contributed by atoms with Crippen LogP contribution in [-0.2, 0) is 0 Å². The first-order chi connectivity index (χ1) is 7.75. The van der Waals surface area contributed by atoms with Gasteiger partial charge in [0.1, 0.15) is 0 Å². The molecule has 0 fully saturated rings. The third kappa shape index (κ3) is 2.77. The third-order valence-corrected chi connectivity index (χ3v) is 2.74. The molecule has 0 heterocycles. The Morgan fingerprint density at radius 3 is 2.44 bits per heavy atom. The first-order valence-corrected chi connectivity index (χ1v) is 5.70. The Balaban J connectivity index is 2.12. The summed E-state index contributed by atoms with van der Waals surface area (Å²) in [5, 5.41) is 4.20. The molecule has 0 radical (unpaired) electrons. The van der Waals surface area contributed by atoms with Gasteiger partial charge in [0.15, 0.2) is 0 Å². The van der Waals surface area contributed by atoms with E-state index in [9.17, 15) is 0 Å². The van der Waals surface area contributed by atoms with E-state index >= 15 is 0 Å². The molecule has 2 heteroatoms. The fourth-order valence-corrected chi connectivity index (χ4v) is 1.84. The molecule has 1 unspecified atom stereocenters. The van der Waals surface area contributed by atoms with Gasteiger partial charge in [-0.15, -0.1) is 0 Å². The Bertz CT molecular complexity index is 453. The van der Waals surface area contributed by atoms with E-state index in [4.69, 9.17) is 11.6 Å². The van der Waals surface area contributed by atoms with Gasteiger partial charge in [0, 0.05) is 16.8 Å². The van der Waals surface area contributed by atoms with Crippen LogP contribution in [0.4, 0.5) is 5.69 Å². The van der Waals surface area contributed by atoms with E-state index in [0.717, 1.165) is 10.7 Å². The zero-order chi connectivity index (χ0) is 11.4. The standard InChI is InChI=1S/C14H14ClN/c1-11(12-6-5-7-13(15)10-12)16-14-8-3-2-4-9-14/h2-11,16H,1H3. The summed E-state index contributed by atoms with van der Waals surface area (Å²) in [5.74, 6) is 0. The number of halogens is 1. The number of anilines is 1. The highest BCUT2D eigenvalue weighted by Gasteiger charge is 2.04. The van der Waals surface area contributed by atoms with Crippen molar-refractivity contribution in [1.82, 2.24) is 0 Å². The SMILES string of the molecule is CC(Nc1ccccc1)c1cccc(Cl)c1. The molecule has 0 aliphatic rings. The molecule has 0 spiro atoms. The highest BCUT2D eigenvalue weighted by molar-refractivity contribution is 6.30. The summed E-state index contributed by atoms with van der Waals surface area (Å²) in [7, 11) is 0. The molecule has 16 heavy (non-hydrogen) atoms. The van der Waals surface area contributed by atoms with Gasteiger partial charge >= 0.3 is 0 Å². The highest BCUT2D eigenvalue weighted by atomic mass is 35.5. The van der Waals surface area contributed by atoms with Crippen LogP contribution in [0.1, 0.15) is 18.5 Å². The number of para-hydroxylation sites is 1. The molecule has 0 aromatic heterocycles. The van der Waals surface area contributed by atoms with E-state index in [-0.39, 0.29) is 6.04 Å². The van der Waals surface area contributed by atoms with Gasteiger partial charge in [-0.1, -0.05) is 41.9 Å². The number of nitrogens with one attached hydrogen (secondary N) is 1. The summed E-state index contributed by atoms with van der Waals surface area (Å²) in [6.07, 6.45) is 0. The zero-order valence-electron chi connectivity index (χ0n) is 9.15. The largest absolute Gasteiger partial charge is 0.379 e. The molecule has 0 aliphatic carbocycles. The second kappa shape index (κ2) is 5.04. The first kappa shape index (κ1) is 11.0. The maximum atomic E-state index is 5.96. The molecule has 2 aromatic carbocycles. The Morgan fingerprint density at radius 1 is 1.00 bits per heavy atom. The average molecular weight is 232 g/mol. The summed E-state index contributed by atoms with van der Waals surface area (Å²) in [5.41, 5.74) is 2.31. The number of hydrogen-bond acceptors (Lipinski definition) is 1. The van der Waals surface area contributed by atoms with Crippen molar-refractivity contribution in [3.05, 3.63) is 65.2 Å². The Morgan fingerprint density at radius 2 is 1.75 bits per heavy atom. The van der Waals surface area contributed by atoms with Crippen LogP contribution in [0.3, 0.4) is 0 Å². The molecule has 1 N–H and O–H groups in total. The molecule has 2 rings (SSSR count). The van der Waals surface area contributed by atoms with Crippen LogP contribution in [0.5, 0.6) is 0 Å². The van der Waals surface area contributed by atoms with Crippen LogP contribution < -0.4 is 5.32 Å².